The molecule has 2 atom stereocenters. The lowest BCUT2D eigenvalue weighted by molar-refractivity contribution is -0.160. The summed E-state index contributed by atoms with van der Waals surface area (Å²) in [5, 5.41) is 19.8. The van der Waals surface area contributed by atoms with Crippen LogP contribution in [0.5, 0.6) is 11.8 Å². The number of methoxy groups -OCH3 is 2. The molecule has 3 aliphatic heterocycles. The van der Waals surface area contributed by atoms with Crippen molar-refractivity contribution >= 4 is 29.3 Å². The van der Waals surface area contributed by atoms with Crippen LogP contribution >= 0.6 is 11.6 Å². The second-order valence-corrected chi connectivity index (χ2v) is 16.0. The van der Waals surface area contributed by atoms with Gasteiger partial charge in [0.25, 0.3) is 0 Å². The molecule has 0 radical (unpaired) electrons. The monoisotopic (exact) mass is 819 g/mol. The van der Waals surface area contributed by atoms with E-state index in [0.29, 0.717) is 80.2 Å². The first-order valence-electron chi connectivity index (χ1n) is 19.6. The van der Waals surface area contributed by atoms with Crippen LogP contribution in [0.25, 0.3) is 22.4 Å². The fourth-order valence-electron chi connectivity index (χ4n) is 9.18. The molecule has 5 aliphatic rings. The Hall–Kier alpha value is -4.99. The maximum Gasteiger partial charge on any atom is 0.437 e. The summed E-state index contributed by atoms with van der Waals surface area (Å²) < 4.78 is 55.3. The molecule has 2 aromatic carbocycles. The highest BCUT2D eigenvalue weighted by Gasteiger charge is 2.50. The van der Waals surface area contributed by atoms with Crippen LogP contribution in [0.15, 0.2) is 48.5 Å². The van der Waals surface area contributed by atoms with E-state index in [1.54, 1.807) is 7.11 Å². The standard InChI is InChI=1S/C42H45ClF3N7O5/c1-57-38-23(19-47-20-24-10-14-34(54)48-24)9-12-32(51-38)30-8-4-7-29(35(30)43)26-5-3-6-28-27(26)11-13-31(28)50-37-36(42(44,45)46)49-33(39(52-37)58-2)21-53-22-41(40(55)56)17-15-25(53)16-18-41/h3-9,12,24-25,31,47H,10-11,13-22H2,1-2H3,(H,48,54)(H,50,52)(H,55,56)/t24-,25?,31+,41?/m1/s1. The van der Waals surface area contributed by atoms with Crippen molar-refractivity contribution in [2.24, 2.45) is 5.41 Å². The average molecular weight is 820 g/mol. The average Bonchev–Trinajstić information content (AvgIpc) is 3.83. The van der Waals surface area contributed by atoms with Crippen molar-refractivity contribution in [3.63, 3.8) is 0 Å². The number of amides is 1. The molecule has 58 heavy (non-hydrogen) atoms. The number of hydrogen-bond donors (Lipinski definition) is 4. The van der Waals surface area contributed by atoms with E-state index in [9.17, 15) is 27.9 Å². The Balaban J connectivity index is 1.03. The molecule has 2 aromatic heterocycles. The quantitative estimate of drug-likeness (QED) is 0.109. The molecule has 5 heterocycles. The number of carbonyl (C=O) groups is 2. The molecule has 2 bridgehead atoms. The number of aliphatic carboxylic acids is 1. The minimum atomic E-state index is -4.82. The predicted molar refractivity (Wildman–Crippen MR) is 211 cm³/mol. The van der Waals surface area contributed by atoms with Gasteiger partial charge in [0.2, 0.25) is 17.7 Å². The van der Waals surface area contributed by atoms with Crippen LogP contribution < -0.4 is 25.4 Å². The molecule has 9 rings (SSSR count). The van der Waals surface area contributed by atoms with Gasteiger partial charge in [-0.2, -0.15) is 18.2 Å². The van der Waals surface area contributed by atoms with Gasteiger partial charge < -0.3 is 30.5 Å². The van der Waals surface area contributed by atoms with E-state index >= 15 is 0 Å². The van der Waals surface area contributed by atoms with E-state index in [-0.39, 0.29) is 42.7 Å². The molecule has 12 nitrogen and oxygen atoms in total. The fourth-order valence-corrected chi connectivity index (χ4v) is 9.50. The minimum Gasteiger partial charge on any atom is -0.481 e. The number of carboxylic acid groups (broad SMARTS) is 1. The highest BCUT2D eigenvalue weighted by molar-refractivity contribution is 6.36. The zero-order valence-electron chi connectivity index (χ0n) is 32.2. The van der Waals surface area contributed by atoms with Crippen molar-refractivity contribution in [2.45, 2.75) is 88.8 Å². The normalized spacial score (nSPS) is 22.8. The third kappa shape index (κ3) is 7.67. The number of rotatable bonds is 13. The molecular formula is C42H45ClF3N7O5. The highest BCUT2D eigenvalue weighted by Crippen LogP contribution is 2.47. The SMILES string of the molecule is COc1nc(-c2cccc(-c3cccc4c3CC[C@@H]4Nc3nc(OC)c(CN4CC5(C(=O)O)CCC4CC5)nc3C(F)(F)F)c2Cl)ccc1CNC[C@H]1CCC(=O)N1. The van der Waals surface area contributed by atoms with Gasteiger partial charge in [-0.3, -0.25) is 14.5 Å². The van der Waals surface area contributed by atoms with Gasteiger partial charge in [-0.05, 0) is 67.7 Å². The Morgan fingerprint density at radius 2 is 1.71 bits per heavy atom. The molecule has 1 amide bonds. The Labute approximate surface area is 338 Å². The van der Waals surface area contributed by atoms with E-state index in [1.165, 1.54) is 7.11 Å². The molecule has 16 heteroatoms. The largest absolute Gasteiger partial charge is 0.481 e. The van der Waals surface area contributed by atoms with Crippen LogP contribution in [0.4, 0.5) is 19.0 Å². The number of hydrogen-bond acceptors (Lipinski definition) is 10. The summed E-state index contributed by atoms with van der Waals surface area (Å²) in [5.74, 6) is -0.820. The Bertz CT molecular complexity index is 2230. The fraction of sp³-hybridized carbons (Fsp3) is 0.452. The number of nitrogens with zero attached hydrogens (tertiary/aromatic N) is 4. The molecule has 1 saturated carbocycles. The zero-order valence-corrected chi connectivity index (χ0v) is 33.0. The van der Waals surface area contributed by atoms with Crippen molar-refractivity contribution in [2.75, 3.05) is 32.6 Å². The first kappa shape index (κ1) is 39.8. The van der Waals surface area contributed by atoms with Gasteiger partial charge in [0.15, 0.2) is 11.5 Å². The molecule has 306 valence electrons. The number of alkyl halides is 3. The lowest BCUT2D eigenvalue weighted by Gasteiger charge is -2.50. The number of pyridine rings is 1. The van der Waals surface area contributed by atoms with E-state index in [0.717, 1.165) is 34.2 Å². The first-order valence-corrected chi connectivity index (χ1v) is 20.0. The van der Waals surface area contributed by atoms with E-state index in [2.05, 4.69) is 25.9 Å². The number of piperidine rings is 2. The minimum absolute atomic E-state index is 0.000678. The number of fused-ring (bicyclic) bond motifs is 4. The van der Waals surface area contributed by atoms with Gasteiger partial charge >= 0.3 is 12.1 Å². The molecule has 0 unspecified atom stereocenters. The van der Waals surface area contributed by atoms with E-state index in [1.807, 2.05) is 53.4 Å². The van der Waals surface area contributed by atoms with Gasteiger partial charge in [0.1, 0.15) is 5.69 Å². The lowest BCUT2D eigenvalue weighted by atomic mass is 9.67. The third-order valence-electron chi connectivity index (χ3n) is 12.2. The van der Waals surface area contributed by atoms with E-state index < -0.39 is 35.1 Å². The van der Waals surface area contributed by atoms with Crippen molar-refractivity contribution in [1.29, 1.82) is 0 Å². The van der Waals surface area contributed by atoms with Gasteiger partial charge in [-0.25, -0.2) is 9.97 Å². The topological polar surface area (TPSA) is 151 Å². The number of anilines is 1. The molecular weight excluding hydrogens is 775 g/mol. The van der Waals surface area contributed by atoms with Crippen LogP contribution in [-0.2, 0) is 35.3 Å². The van der Waals surface area contributed by atoms with Crippen LogP contribution in [0.1, 0.15) is 79.1 Å². The summed E-state index contributed by atoms with van der Waals surface area (Å²) in [6, 6.07) is 14.9. The van der Waals surface area contributed by atoms with Crippen LogP contribution in [0, 0.1) is 5.41 Å². The van der Waals surface area contributed by atoms with Gasteiger partial charge in [-0.15, -0.1) is 0 Å². The smallest absolute Gasteiger partial charge is 0.437 e. The summed E-state index contributed by atoms with van der Waals surface area (Å²) in [6.45, 7) is 1.38. The highest BCUT2D eigenvalue weighted by atomic mass is 35.5. The number of carbonyl (C=O) groups excluding carboxylic acids is 1. The number of halogens is 4. The Morgan fingerprint density at radius 3 is 2.41 bits per heavy atom. The molecule has 0 spiro atoms. The first-order chi connectivity index (χ1) is 27.9. The van der Waals surface area contributed by atoms with Crippen LogP contribution in [0.3, 0.4) is 0 Å². The van der Waals surface area contributed by atoms with Crippen molar-refractivity contribution in [3.05, 3.63) is 81.6 Å². The molecule has 4 N–H and O–H groups in total. The summed E-state index contributed by atoms with van der Waals surface area (Å²) in [7, 11) is 2.91. The third-order valence-corrected chi connectivity index (χ3v) is 12.6. The maximum absolute atomic E-state index is 14.7. The molecule has 3 saturated heterocycles. The summed E-state index contributed by atoms with van der Waals surface area (Å²) in [5.41, 5.74) is 3.56. The van der Waals surface area contributed by atoms with Gasteiger partial charge in [0.05, 0.1) is 36.4 Å². The van der Waals surface area contributed by atoms with Crippen molar-refractivity contribution < 1.29 is 37.3 Å². The summed E-state index contributed by atoms with van der Waals surface area (Å²) in [6.07, 6.45) is 0.0157. The number of ether oxygens (including phenoxy) is 2. The maximum atomic E-state index is 14.7. The van der Waals surface area contributed by atoms with Gasteiger partial charge in [-0.1, -0.05) is 54.1 Å². The van der Waals surface area contributed by atoms with E-state index in [4.69, 9.17) is 26.1 Å². The molecule has 2 aliphatic carbocycles. The van der Waals surface area contributed by atoms with Crippen molar-refractivity contribution in [1.82, 2.24) is 30.5 Å². The number of nitrogens with one attached hydrogen (secondary N) is 3. The van der Waals surface area contributed by atoms with Crippen molar-refractivity contribution in [3.8, 4) is 34.1 Å². The Kier molecular flexibility index (Phi) is 11.0. The summed E-state index contributed by atoms with van der Waals surface area (Å²) >= 11 is 7.15. The lowest BCUT2D eigenvalue weighted by Crippen LogP contribution is -2.56. The number of aromatic nitrogens is 3. The van der Waals surface area contributed by atoms with Crippen LogP contribution in [0.2, 0.25) is 5.02 Å². The predicted octanol–water partition coefficient (Wildman–Crippen LogP) is 7.19. The number of benzene rings is 2. The molecule has 4 fully saturated rings. The van der Waals surface area contributed by atoms with Crippen LogP contribution in [-0.4, -0.2) is 76.2 Å². The zero-order chi connectivity index (χ0) is 40.8. The second-order valence-electron chi connectivity index (χ2n) is 15.7. The molecule has 4 aromatic rings. The second kappa shape index (κ2) is 16.0. The Morgan fingerprint density at radius 1 is 0.966 bits per heavy atom. The summed E-state index contributed by atoms with van der Waals surface area (Å²) in [4.78, 5) is 38.9. The number of carboxylic acids is 1. The van der Waals surface area contributed by atoms with Gasteiger partial charge in [0, 0.05) is 61.4 Å².